The predicted molar refractivity (Wildman–Crippen MR) is 146 cm³/mol. The summed E-state index contributed by atoms with van der Waals surface area (Å²) in [7, 11) is 2.43. The minimum Gasteiger partial charge on any atom is -0.491 e. The van der Waals surface area contributed by atoms with Crippen LogP contribution in [0.25, 0.3) is 0 Å². The topological polar surface area (TPSA) is 49.5 Å². The maximum Gasteiger partial charge on any atom is 0.503 e. The van der Waals surface area contributed by atoms with Crippen LogP contribution in [0, 0.1) is 5.92 Å². The van der Waals surface area contributed by atoms with Gasteiger partial charge in [-0.1, -0.05) is 69.5 Å². The third-order valence-electron chi connectivity index (χ3n) is 6.79. The fourth-order valence-electron chi connectivity index (χ4n) is 4.42. The zero-order valence-corrected chi connectivity index (χ0v) is 23.7. The SMILES string of the molecule is CCC/C=C/CC(/C=C/CCCCCCc1cccc(OCC2CO2)c1)C(C)[Si](OC)(OC)OC. The molecule has 1 aliphatic rings. The molecule has 0 amide bonds. The fraction of sp³-hybridized carbons (Fsp3) is 0.655. The number of benzene rings is 1. The summed E-state index contributed by atoms with van der Waals surface area (Å²) >= 11 is 0. The van der Waals surface area contributed by atoms with E-state index in [1.165, 1.54) is 37.7 Å². The summed E-state index contributed by atoms with van der Waals surface area (Å²) < 4.78 is 28.3. The summed E-state index contributed by atoms with van der Waals surface area (Å²) in [6.45, 7) is 5.91. The first-order valence-corrected chi connectivity index (χ1v) is 15.2. The Hall–Kier alpha value is -1.44. The van der Waals surface area contributed by atoms with Gasteiger partial charge in [-0.25, -0.2) is 0 Å². The molecular formula is C29H48O5Si. The van der Waals surface area contributed by atoms with E-state index in [0.717, 1.165) is 38.0 Å². The lowest BCUT2D eigenvalue weighted by Gasteiger charge is -2.33. The monoisotopic (exact) mass is 504 g/mol. The summed E-state index contributed by atoms with van der Waals surface area (Å²) in [6, 6.07) is 8.49. The van der Waals surface area contributed by atoms with Crippen LogP contribution in [0.15, 0.2) is 48.6 Å². The van der Waals surface area contributed by atoms with Crippen LogP contribution in [0.3, 0.4) is 0 Å². The van der Waals surface area contributed by atoms with E-state index in [4.69, 9.17) is 22.8 Å². The Morgan fingerprint density at radius 1 is 1.00 bits per heavy atom. The zero-order chi connectivity index (χ0) is 25.4. The molecule has 1 aromatic carbocycles. The molecular weight excluding hydrogens is 456 g/mol. The molecule has 1 fully saturated rings. The van der Waals surface area contributed by atoms with E-state index in [9.17, 15) is 0 Å². The number of unbranched alkanes of at least 4 members (excludes halogenated alkanes) is 5. The van der Waals surface area contributed by atoms with Gasteiger partial charge in [0.05, 0.1) is 6.61 Å². The van der Waals surface area contributed by atoms with Crippen LogP contribution in [0.4, 0.5) is 0 Å². The highest BCUT2D eigenvalue weighted by atomic mass is 28.4. The number of hydrogen-bond acceptors (Lipinski definition) is 5. The summed E-state index contributed by atoms with van der Waals surface area (Å²) in [6.07, 6.45) is 20.0. The van der Waals surface area contributed by atoms with E-state index in [2.05, 4.69) is 56.4 Å². The second-order valence-corrected chi connectivity index (χ2v) is 12.8. The van der Waals surface area contributed by atoms with Gasteiger partial charge >= 0.3 is 8.80 Å². The minimum absolute atomic E-state index is 0.196. The maximum absolute atomic E-state index is 5.80. The number of epoxide rings is 1. The Morgan fingerprint density at radius 3 is 2.43 bits per heavy atom. The molecule has 198 valence electrons. The summed E-state index contributed by atoms with van der Waals surface area (Å²) in [5, 5.41) is 0. The average molecular weight is 505 g/mol. The first-order valence-electron chi connectivity index (χ1n) is 13.4. The van der Waals surface area contributed by atoms with Crippen molar-refractivity contribution < 1.29 is 22.8 Å². The molecule has 1 aromatic rings. The molecule has 0 aromatic heterocycles. The van der Waals surface area contributed by atoms with Crippen LogP contribution in [0.1, 0.15) is 70.8 Å². The van der Waals surface area contributed by atoms with Gasteiger partial charge in [0.1, 0.15) is 18.5 Å². The highest BCUT2D eigenvalue weighted by Gasteiger charge is 2.47. The molecule has 0 aliphatic carbocycles. The molecule has 1 heterocycles. The van der Waals surface area contributed by atoms with Crippen LogP contribution < -0.4 is 4.74 Å². The second kappa shape index (κ2) is 17.1. The van der Waals surface area contributed by atoms with Crippen molar-refractivity contribution >= 4 is 8.80 Å². The highest BCUT2D eigenvalue weighted by Crippen LogP contribution is 2.34. The number of ether oxygens (including phenoxy) is 2. The van der Waals surface area contributed by atoms with Gasteiger partial charge < -0.3 is 22.8 Å². The standard InChI is InChI=1S/C29H48O5Si/c1-6-7-8-14-19-27(25(2)35(30-3,31-4)32-5)20-15-12-10-9-11-13-17-26-18-16-21-28(22-26)33-23-29-24-34-29/h8,14-16,18,20-22,25,27,29H,6-7,9-13,17,19,23-24H2,1-5H3/b14-8+,20-15+. The first kappa shape index (κ1) is 29.8. The smallest absolute Gasteiger partial charge is 0.491 e. The van der Waals surface area contributed by atoms with Gasteiger partial charge in [0.25, 0.3) is 0 Å². The van der Waals surface area contributed by atoms with Gasteiger partial charge in [0.2, 0.25) is 0 Å². The van der Waals surface area contributed by atoms with E-state index >= 15 is 0 Å². The Balaban J connectivity index is 1.72. The van der Waals surface area contributed by atoms with Crippen molar-refractivity contribution in [2.45, 2.75) is 83.3 Å². The molecule has 3 atom stereocenters. The van der Waals surface area contributed by atoms with Crippen LogP contribution in [0.2, 0.25) is 5.54 Å². The fourth-order valence-corrected chi connectivity index (χ4v) is 6.80. The largest absolute Gasteiger partial charge is 0.503 e. The lowest BCUT2D eigenvalue weighted by atomic mass is 9.99. The van der Waals surface area contributed by atoms with Crippen molar-refractivity contribution in [1.29, 1.82) is 0 Å². The molecule has 6 heteroatoms. The Kier molecular flexibility index (Phi) is 14.5. The first-order chi connectivity index (χ1) is 17.1. The number of hydrogen-bond donors (Lipinski definition) is 0. The van der Waals surface area contributed by atoms with E-state index in [-0.39, 0.29) is 5.54 Å². The lowest BCUT2D eigenvalue weighted by molar-refractivity contribution is 0.107. The quantitative estimate of drug-likeness (QED) is 0.0817. The second-order valence-electron chi connectivity index (χ2n) is 9.46. The number of aryl methyl sites for hydroxylation is 1. The van der Waals surface area contributed by atoms with Crippen LogP contribution >= 0.6 is 0 Å². The van der Waals surface area contributed by atoms with E-state index in [0.29, 0.717) is 18.6 Å². The molecule has 0 radical (unpaired) electrons. The molecule has 2 rings (SSSR count). The molecule has 0 bridgehead atoms. The molecule has 0 saturated carbocycles. The number of allylic oxidation sites excluding steroid dienone is 4. The Morgan fingerprint density at radius 2 is 1.74 bits per heavy atom. The molecule has 0 N–H and O–H groups in total. The van der Waals surface area contributed by atoms with Gasteiger partial charge in [0.15, 0.2) is 0 Å². The summed E-state index contributed by atoms with van der Waals surface area (Å²) in [5.74, 6) is 1.30. The molecule has 5 nitrogen and oxygen atoms in total. The van der Waals surface area contributed by atoms with Crippen molar-refractivity contribution in [1.82, 2.24) is 0 Å². The minimum atomic E-state index is -2.68. The summed E-state index contributed by atoms with van der Waals surface area (Å²) in [4.78, 5) is 0. The molecule has 1 aliphatic heterocycles. The van der Waals surface area contributed by atoms with Gasteiger partial charge in [-0.2, -0.15) is 0 Å². The van der Waals surface area contributed by atoms with Crippen LogP contribution in [0.5, 0.6) is 5.75 Å². The third kappa shape index (κ3) is 11.0. The summed E-state index contributed by atoms with van der Waals surface area (Å²) in [5.41, 5.74) is 1.55. The van der Waals surface area contributed by atoms with Crippen molar-refractivity contribution in [3.05, 3.63) is 54.1 Å². The highest BCUT2D eigenvalue weighted by molar-refractivity contribution is 6.62. The third-order valence-corrected chi connectivity index (χ3v) is 10.0. The molecule has 1 saturated heterocycles. The maximum atomic E-state index is 5.80. The molecule has 35 heavy (non-hydrogen) atoms. The van der Waals surface area contributed by atoms with Crippen LogP contribution in [-0.2, 0) is 24.4 Å². The number of rotatable bonds is 20. The van der Waals surface area contributed by atoms with Crippen molar-refractivity contribution in [2.24, 2.45) is 5.92 Å². The predicted octanol–water partition coefficient (Wildman–Crippen LogP) is 7.14. The Bertz CT molecular complexity index is 734. The van der Waals surface area contributed by atoms with Crippen LogP contribution in [-0.4, -0.2) is 49.5 Å². The lowest BCUT2D eigenvalue weighted by Crippen LogP contribution is -2.48. The van der Waals surface area contributed by atoms with E-state index in [1.807, 2.05) is 6.07 Å². The normalized spacial score (nSPS) is 17.8. The van der Waals surface area contributed by atoms with Gasteiger partial charge in [-0.05, 0) is 62.1 Å². The van der Waals surface area contributed by atoms with Crippen molar-refractivity contribution in [3.63, 3.8) is 0 Å². The van der Waals surface area contributed by atoms with Gasteiger partial charge in [-0.3, -0.25) is 0 Å². The van der Waals surface area contributed by atoms with Gasteiger partial charge in [0, 0.05) is 26.9 Å². The van der Waals surface area contributed by atoms with Crippen molar-refractivity contribution in [3.8, 4) is 5.75 Å². The van der Waals surface area contributed by atoms with E-state index in [1.54, 1.807) is 21.3 Å². The average Bonchev–Trinajstić information content (AvgIpc) is 3.72. The van der Waals surface area contributed by atoms with E-state index < -0.39 is 8.80 Å². The molecule has 3 unspecified atom stereocenters. The zero-order valence-electron chi connectivity index (χ0n) is 22.7. The Labute approximate surface area is 215 Å². The molecule has 0 spiro atoms. The van der Waals surface area contributed by atoms with Crippen molar-refractivity contribution in [2.75, 3.05) is 34.5 Å². The van der Waals surface area contributed by atoms with Gasteiger partial charge in [-0.15, -0.1) is 0 Å².